The van der Waals surface area contributed by atoms with Crippen LogP contribution in [-0.4, -0.2) is 51.7 Å². The molecule has 3 aromatic rings. The van der Waals surface area contributed by atoms with Crippen molar-refractivity contribution in [1.29, 1.82) is 0 Å². The summed E-state index contributed by atoms with van der Waals surface area (Å²) in [5.74, 6) is 1.46. The van der Waals surface area contributed by atoms with Crippen LogP contribution in [0.2, 0.25) is 0 Å². The molecule has 3 heterocycles. The average molecular weight is 434 g/mol. The summed E-state index contributed by atoms with van der Waals surface area (Å²) in [5.41, 5.74) is 1.01. The summed E-state index contributed by atoms with van der Waals surface area (Å²) in [6.07, 6.45) is -0.880. The van der Waals surface area contributed by atoms with Crippen molar-refractivity contribution in [3.8, 4) is 0 Å². The van der Waals surface area contributed by atoms with Crippen molar-refractivity contribution in [2.24, 2.45) is 5.92 Å². The van der Waals surface area contributed by atoms with Gasteiger partial charge in [0, 0.05) is 25.8 Å². The van der Waals surface area contributed by atoms with E-state index in [1.807, 2.05) is 13.1 Å². The van der Waals surface area contributed by atoms with Crippen molar-refractivity contribution in [2.75, 3.05) is 32.6 Å². The Hall–Kier alpha value is -2.72. The van der Waals surface area contributed by atoms with E-state index < -0.39 is 11.7 Å². The third-order valence-electron chi connectivity index (χ3n) is 5.73. The third-order valence-corrected chi connectivity index (χ3v) is 5.73. The third kappa shape index (κ3) is 4.64. The summed E-state index contributed by atoms with van der Waals surface area (Å²) in [6, 6.07) is 7.44. The van der Waals surface area contributed by atoms with Gasteiger partial charge < -0.3 is 10.1 Å². The fourth-order valence-corrected chi connectivity index (χ4v) is 4.31. The van der Waals surface area contributed by atoms with Crippen molar-refractivity contribution in [1.82, 2.24) is 24.5 Å². The van der Waals surface area contributed by atoms with Crippen LogP contribution in [-0.2, 0) is 17.5 Å². The highest BCUT2D eigenvalue weighted by Gasteiger charge is 2.33. The second-order valence-corrected chi connectivity index (χ2v) is 7.87. The second kappa shape index (κ2) is 8.80. The number of benzene rings is 1. The van der Waals surface area contributed by atoms with Gasteiger partial charge in [0.05, 0.1) is 17.9 Å². The van der Waals surface area contributed by atoms with Crippen molar-refractivity contribution in [3.05, 3.63) is 53.5 Å². The van der Waals surface area contributed by atoms with E-state index in [0.717, 1.165) is 36.5 Å². The molecule has 2 unspecified atom stereocenters. The SMILES string of the molecule is COCc1cc(NCC2CCCN(C)C2c2ccc(C(F)(F)F)cc2)n2ncnc2n1. The molecular weight excluding hydrogens is 409 g/mol. The lowest BCUT2D eigenvalue weighted by Crippen LogP contribution is -2.39. The van der Waals surface area contributed by atoms with Crippen LogP contribution in [0.5, 0.6) is 0 Å². The van der Waals surface area contributed by atoms with E-state index in [0.29, 0.717) is 18.9 Å². The number of fused-ring (bicyclic) bond motifs is 1. The summed E-state index contributed by atoms with van der Waals surface area (Å²) >= 11 is 0. The smallest absolute Gasteiger partial charge is 0.378 e. The van der Waals surface area contributed by atoms with Gasteiger partial charge in [-0.2, -0.15) is 27.8 Å². The van der Waals surface area contributed by atoms with Gasteiger partial charge in [0.25, 0.3) is 5.78 Å². The van der Waals surface area contributed by atoms with Crippen LogP contribution in [0, 0.1) is 5.92 Å². The first-order valence-electron chi connectivity index (χ1n) is 10.2. The molecule has 4 rings (SSSR count). The maximum atomic E-state index is 13.0. The predicted octanol–water partition coefficient (Wildman–Crippen LogP) is 3.78. The standard InChI is InChI=1S/C21H25F3N6O/c1-29-9-3-4-15(19(29)14-5-7-16(8-6-14)21(22,23)24)11-25-18-10-17(12-31-2)28-20-26-13-27-30(18)20/h5-8,10,13,15,19,25H,3-4,9,11-12H2,1-2H3. The van der Waals surface area contributed by atoms with E-state index >= 15 is 0 Å². The molecule has 0 bridgehead atoms. The molecule has 31 heavy (non-hydrogen) atoms. The maximum Gasteiger partial charge on any atom is 0.416 e. The normalized spacial score (nSPS) is 20.3. The van der Waals surface area contributed by atoms with Crippen LogP contribution in [0.25, 0.3) is 5.78 Å². The number of aromatic nitrogens is 4. The van der Waals surface area contributed by atoms with Crippen molar-refractivity contribution >= 4 is 11.6 Å². The molecule has 0 radical (unpaired) electrons. The zero-order chi connectivity index (χ0) is 22.0. The molecule has 7 nitrogen and oxygen atoms in total. The average Bonchev–Trinajstić information content (AvgIpc) is 3.20. The van der Waals surface area contributed by atoms with E-state index in [-0.39, 0.29) is 12.0 Å². The van der Waals surface area contributed by atoms with Crippen LogP contribution in [0.3, 0.4) is 0 Å². The number of hydrogen-bond donors (Lipinski definition) is 1. The first-order chi connectivity index (χ1) is 14.9. The Balaban J connectivity index is 1.55. The highest BCUT2D eigenvalue weighted by molar-refractivity contribution is 5.45. The molecule has 0 amide bonds. The molecule has 1 aliphatic heterocycles. The topological polar surface area (TPSA) is 67.6 Å². The molecular formula is C21H25F3N6O. The largest absolute Gasteiger partial charge is 0.416 e. The van der Waals surface area contributed by atoms with Crippen LogP contribution in [0.4, 0.5) is 19.0 Å². The minimum Gasteiger partial charge on any atom is -0.378 e. The van der Waals surface area contributed by atoms with E-state index in [1.54, 1.807) is 23.8 Å². The van der Waals surface area contributed by atoms with Crippen LogP contribution >= 0.6 is 0 Å². The van der Waals surface area contributed by atoms with Gasteiger partial charge in [0.1, 0.15) is 12.1 Å². The molecule has 0 saturated carbocycles. The lowest BCUT2D eigenvalue weighted by Gasteiger charge is -2.40. The fraction of sp³-hybridized carbons (Fsp3) is 0.476. The predicted molar refractivity (Wildman–Crippen MR) is 110 cm³/mol. The van der Waals surface area contributed by atoms with Gasteiger partial charge in [-0.25, -0.2) is 4.98 Å². The first-order valence-corrected chi connectivity index (χ1v) is 10.2. The number of methoxy groups -OCH3 is 1. The Labute approximate surface area is 178 Å². The highest BCUT2D eigenvalue weighted by Crippen LogP contribution is 2.37. The zero-order valence-corrected chi connectivity index (χ0v) is 17.4. The van der Waals surface area contributed by atoms with E-state index in [4.69, 9.17) is 4.74 Å². The molecule has 1 saturated heterocycles. The Kier molecular flexibility index (Phi) is 6.10. The quantitative estimate of drug-likeness (QED) is 0.637. The number of hydrogen-bond acceptors (Lipinski definition) is 6. The Morgan fingerprint density at radius 2 is 2.00 bits per heavy atom. The minimum atomic E-state index is -4.33. The van der Waals surface area contributed by atoms with Gasteiger partial charge in [-0.1, -0.05) is 12.1 Å². The van der Waals surface area contributed by atoms with E-state index in [2.05, 4.69) is 25.3 Å². The van der Waals surface area contributed by atoms with Gasteiger partial charge in [-0.05, 0) is 50.0 Å². The fourth-order valence-electron chi connectivity index (χ4n) is 4.31. The number of halogens is 3. The molecule has 2 aromatic heterocycles. The number of nitrogens with zero attached hydrogens (tertiary/aromatic N) is 5. The molecule has 2 atom stereocenters. The molecule has 10 heteroatoms. The Morgan fingerprint density at radius 3 is 2.71 bits per heavy atom. The molecule has 0 aliphatic carbocycles. The molecule has 1 aromatic carbocycles. The van der Waals surface area contributed by atoms with Crippen LogP contribution in [0.15, 0.2) is 36.7 Å². The van der Waals surface area contributed by atoms with Crippen LogP contribution < -0.4 is 5.32 Å². The Morgan fingerprint density at radius 1 is 1.23 bits per heavy atom. The summed E-state index contributed by atoms with van der Waals surface area (Å²) < 4.78 is 45.7. The summed E-state index contributed by atoms with van der Waals surface area (Å²) in [6.45, 7) is 1.91. The highest BCUT2D eigenvalue weighted by atomic mass is 19.4. The summed E-state index contributed by atoms with van der Waals surface area (Å²) in [4.78, 5) is 10.8. The van der Waals surface area contributed by atoms with Gasteiger partial charge in [-0.15, -0.1) is 0 Å². The number of likely N-dealkylation sites (tertiary alicyclic amines) is 1. The number of piperidine rings is 1. The Bertz CT molecular complexity index is 1020. The van der Waals surface area contributed by atoms with Gasteiger partial charge >= 0.3 is 6.18 Å². The van der Waals surface area contributed by atoms with E-state index in [9.17, 15) is 13.2 Å². The van der Waals surface area contributed by atoms with Gasteiger partial charge in [0.15, 0.2) is 0 Å². The molecule has 1 N–H and O–H groups in total. The molecule has 1 aliphatic rings. The summed E-state index contributed by atoms with van der Waals surface area (Å²) in [7, 11) is 3.63. The van der Waals surface area contributed by atoms with Crippen LogP contribution in [0.1, 0.15) is 35.7 Å². The molecule has 0 spiro atoms. The lowest BCUT2D eigenvalue weighted by molar-refractivity contribution is -0.137. The number of anilines is 1. The number of ether oxygens (including phenoxy) is 1. The lowest BCUT2D eigenvalue weighted by atomic mass is 9.84. The number of rotatable bonds is 6. The molecule has 166 valence electrons. The first kappa shape index (κ1) is 21.5. The zero-order valence-electron chi connectivity index (χ0n) is 17.4. The van der Waals surface area contributed by atoms with Crippen molar-refractivity contribution < 1.29 is 17.9 Å². The minimum absolute atomic E-state index is 0.0232. The van der Waals surface area contributed by atoms with Gasteiger partial charge in [-0.3, -0.25) is 4.90 Å². The van der Waals surface area contributed by atoms with Gasteiger partial charge in [0.2, 0.25) is 0 Å². The maximum absolute atomic E-state index is 13.0. The van der Waals surface area contributed by atoms with E-state index in [1.165, 1.54) is 18.5 Å². The monoisotopic (exact) mass is 434 g/mol. The summed E-state index contributed by atoms with van der Waals surface area (Å²) in [5, 5.41) is 7.69. The van der Waals surface area contributed by atoms with Crippen molar-refractivity contribution in [3.63, 3.8) is 0 Å². The number of nitrogens with one attached hydrogen (secondary N) is 1. The molecule has 1 fully saturated rings. The number of alkyl halides is 3. The van der Waals surface area contributed by atoms with Crippen molar-refractivity contribution in [2.45, 2.75) is 31.7 Å². The second-order valence-electron chi connectivity index (χ2n) is 7.87.